The van der Waals surface area contributed by atoms with Gasteiger partial charge in [-0.25, -0.2) is 4.39 Å². The van der Waals surface area contributed by atoms with Crippen LogP contribution in [0.25, 0.3) is 0 Å². The second-order valence-electron chi connectivity index (χ2n) is 7.62. The Morgan fingerprint density at radius 3 is 2.70 bits per heavy atom. The lowest BCUT2D eigenvalue weighted by Crippen LogP contribution is -2.59. The largest absolute Gasteiger partial charge is 0.379 e. The molecule has 0 aromatic heterocycles. The predicted molar refractivity (Wildman–Crippen MR) is 88.3 cm³/mol. The first-order valence-corrected chi connectivity index (χ1v) is 8.17. The van der Waals surface area contributed by atoms with Crippen LogP contribution in [0.5, 0.6) is 0 Å². The van der Waals surface area contributed by atoms with Crippen molar-refractivity contribution in [2.45, 2.75) is 45.8 Å². The van der Waals surface area contributed by atoms with E-state index in [4.69, 9.17) is 0 Å². The maximum atomic E-state index is 13.6. The number of nitrogens with one attached hydrogen (secondary N) is 1. The van der Waals surface area contributed by atoms with Crippen molar-refractivity contribution in [2.75, 3.05) is 19.6 Å². The normalized spacial score (nSPS) is 22.5. The summed E-state index contributed by atoms with van der Waals surface area (Å²) in [6.45, 7) is 7.97. The minimum absolute atomic E-state index is 0.00545. The molecule has 4 nitrogen and oxygen atoms in total. The lowest BCUT2D eigenvalue weighted by molar-refractivity contribution is -0.158. The van der Waals surface area contributed by atoms with Crippen molar-refractivity contribution >= 4 is 5.91 Å². The van der Waals surface area contributed by atoms with Crippen LogP contribution in [0.1, 0.15) is 39.2 Å². The Morgan fingerprint density at radius 1 is 1.35 bits per heavy atom. The number of carbonyl (C=O) groups is 1. The van der Waals surface area contributed by atoms with Gasteiger partial charge in [0, 0.05) is 31.7 Å². The maximum Gasteiger partial charge on any atom is 0.255 e. The standard InChI is InChI=1S/C18H27FN2O2/c1-17(2,3)13-21-10-6-9-18(23,16(21)22)12-20-11-14-7-4-5-8-15(14)19/h4-5,7-8,20,23H,6,9-13H2,1-3H3. The molecule has 1 atom stereocenters. The number of rotatable bonds is 5. The number of nitrogens with zero attached hydrogens (tertiary/aromatic N) is 1. The molecule has 0 radical (unpaired) electrons. The van der Waals surface area contributed by atoms with Gasteiger partial charge in [-0.15, -0.1) is 0 Å². The molecule has 1 aromatic carbocycles. The first kappa shape index (κ1) is 17.9. The average molecular weight is 322 g/mol. The third-order valence-electron chi connectivity index (χ3n) is 4.06. The highest BCUT2D eigenvalue weighted by Crippen LogP contribution is 2.26. The highest BCUT2D eigenvalue weighted by molar-refractivity contribution is 5.86. The Morgan fingerprint density at radius 2 is 2.04 bits per heavy atom. The van der Waals surface area contributed by atoms with Crippen molar-refractivity contribution in [2.24, 2.45) is 5.41 Å². The third-order valence-corrected chi connectivity index (χ3v) is 4.06. The molecule has 0 spiro atoms. The van der Waals surface area contributed by atoms with Gasteiger partial charge >= 0.3 is 0 Å². The lowest BCUT2D eigenvalue weighted by Gasteiger charge is -2.41. The monoisotopic (exact) mass is 322 g/mol. The molecule has 1 aliphatic rings. The van der Waals surface area contributed by atoms with Crippen LogP contribution >= 0.6 is 0 Å². The van der Waals surface area contributed by atoms with E-state index in [9.17, 15) is 14.3 Å². The van der Waals surface area contributed by atoms with Gasteiger partial charge in [0.15, 0.2) is 5.60 Å². The van der Waals surface area contributed by atoms with E-state index in [-0.39, 0.29) is 23.7 Å². The van der Waals surface area contributed by atoms with Crippen molar-refractivity contribution in [1.82, 2.24) is 10.2 Å². The first-order chi connectivity index (χ1) is 10.7. The number of hydrogen-bond donors (Lipinski definition) is 2. The Kier molecular flexibility index (Phi) is 5.42. The third kappa shape index (κ3) is 4.75. The van der Waals surface area contributed by atoms with E-state index in [0.717, 1.165) is 6.42 Å². The zero-order chi connectivity index (χ0) is 17.1. The van der Waals surface area contributed by atoms with E-state index in [1.54, 1.807) is 23.1 Å². The van der Waals surface area contributed by atoms with Crippen molar-refractivity contribution in [3.63, 3.8) is 0 Å². The SMILES string of the molecule is CC(C)(C)CN1CCCC(O)(CNCc2ccccc2F)C1=O. The summed E-state index contributed by atoms with van der Waals surface area (Å²) in [5.41, 5.74) is -0.866. The molecule has 1 saturated heterocycles. The Hall–Kier alpha value is -1.46. The molecule has 1 unspecified atom stereocenters. The van der Waals surface area contributed by atoms with E-state index in [2.05, 4.69) is 26.1 Å². The molecule has 1 aliphatic heterocycles. The van der Waals surface area contributed by atoms with Gasteiger partial charge in [-0.05, 0) is 24.3 Å². The molecule has 23 heavy (non-hydrogen) atoms. The lowest BCUT2D eigenvalue weighted by atomic mass is 9.88. The molecule has 0 aliphatic carbocycles. The molecule has 0 saturated carbocycles. The van der Waals surface area contributed by atoms with Gasteiger partial charge in [-0.2, -0.15) is 0 Å². The molecule has 1 heterocycles. The fourth-order valence-electron chi connectivity index (χ4n) is 3.00. The van der Waals surface area contributed by atoms with Gasteiger partial charge in [-0.3, -0.25) is 4.79 Å². The minimum atomic E-state index is -1.39. The number of piperidine rings is 1. The molecular formula is C18H27FN2O2. The van der Waals surface area contributed by atoms with Gasteiger partial charge in [0.25, 0.3) is 5.91 Å². The first-order valence-electron chi connectivity index (χ1n) is 8.17. The van der Waals surface area contributed by atoms with Crippen molar-refractivity contribution < 1.29 is 14.3 Å². The number of carbonyl (C=O) groups excluding carboxylic acids is 1. The second kappa shape index (κ2) is 6.97. The summed E-state index contributed by atoms with van der Waals surface area (Å²) in [5.74, 6) is -0.504. The topological polar surface area (TPSA) is 52.6 Å². The summed E-state index contributed by atoms with van der Waals surface area (Å²) in [5, 5.41) is 13.7. The van der Waals surface area contributed by atoms with E-state index in [1.165, 1.54) is 6.07 Å². The molecule has 2 rings (SSSR count). The zero-order valence-electron chi connectivity index (χ0n) is 14.2. The minimum Gasteiger partial charge on any atom is -0.379 e. The summed E-state index contributed by atoms with van der Waals surface area (Å²) in [4.78, 5) is 14.3. The Balaban J connectivity index is 1.95. The average Bonchev–Trinajstić information content (AvgIpc) is 2.45. The highest BCUT2D eigenvalue weighted by Gasteiger charge is 2.42. The molecule has 2 N–H and O–H groups in total. The van der Waals surface area contributed by atoms with Crippen molar-refractivity contribution in [1.29, 1.82) is 0 Å². The van der Waals surface area contributed by atoms with Gasteiger partial charge in [0.1, 0.15) is 5.82 Å². The van der Waals surface area contributed by atoms with Gasteiger partial charge in [-0.1, -0.05) is 39.0 Å². The highest BCUT2D eigenvalue weighted by atomic mass is 19.1. The molecular weight excluding hydrogens is 295 g/mol. The summed E-state index contributed by atoms with van der Waals surface area (Å²) < 4.78 is 13.6. The quantitative estimate of drug-likeness (QED) is 0.875. The molecule has 5 heteroatoms. The van der Waals surface area contributed by atoms with Gasteiger partial charge in [0.2, 0.25) is 0 Å². The molecule has 0 bridgehead atoms. The van der Waals surface area contributed by atoms with Crippen LogP contribution in [0.4, 0.5) is 4.39 Å². The van der Waals surface area contributed by atoms with E-state index in [1.807, 2.05) is 0 Å². The zero-order valence-corrected chi connectivity index (χ0v) is 14.2. The summed E-state index contributed by atoms with van der Waals surface area (Å²) in [6, 6.07) is 6.51. The number of halogens is 1. The summed E-state index contributed by atoms with van der Waals surface area (Å²) >= 11 is 0. The van der Waals surface area contributed by atoms with Crippen LogP contribution in [0.15, 0.2) is 24.3 Å². The van der Waals surface area contributed by atoms with Crippen LogP contribution < -0.4 is 5.32 Å². The Labute approximate surface area is 137 Å². The fourth-order valence-corrected chi connectivity index (χ4v) is 3.00. The number of aliphatic hydroxyl groups is 1. The predicted octanol–water partition coefficient (Wildman–Crippen LogP) is 2.31. The second-order valence-corrected chi connectivity index (χ2v) is 7.62. The van der Waals surface area contributed by atoms with Crippen LogP contribution in [0, 0.1) is 11.2 Å². The summed E-state index contributed by atoms with van der Waals surface area (Å²) in [7, 11) is 0. The molecule has 128 valence electrons. The van der Waals surface area contributed by atoms with E-state index >= 15 is 0 Å². The van der Waals surface area contributed by atoms with Gasteiger partial charge < -0.3 is 15.3 Å². The van der Waals surface area contributed by atoms with Gasteiger partial charge in [0.05, 0.1) is 0 Å². The van der Waals surface area contributed by atoms with Crippen LogP contribution in [0.2, 0.25) is 0 Å². The number of hydrogen-bond acceptors (Lipinski definition) is 3. The van der Waals surface area contributed by atoms with E-state index < -0.39 is 5.60 Å². The number of benzene rings is 1. The Bertz CT molecular complexity index is 556. The maximum absolute atomic E-state index is 13.6. The van der Waals surface area contributed by atoms with Crippen LogP contribution in [-0.4, -0.2) is 41.1 Å². The fraction of sp³-hybridized carbons (Fsp3) is 0.611. The van der Waals surface area contributed by atoms with Crippen molar-refractivity contribution in [3.05, 3.63) is 35.6 Å². The summed E-state index contributed by atoms with van der Waals surface area (Å²) in [6.07, 6.45) is 1.22. The van der Waals surface area contributed by atoms with Crippen LogP contribution in [-0.2, 0) is 11.3 Å². The van der Waals surface area contributed by atoms with E-state index in [0.29, 0.717) is 31.6 Å². The van der Waals surface area contributed by atoms with Crippen molar-refractivity contribution in [3.8, 4) is 0 Å². The molecule has 1 aromatic rings. The smallest absolute Gasteiger partial charge is 0.255 e. The number of likely N-dealkylation sites (tertiary alicyclic amines) is 1. The van der Waals surface area contributed by atoms with Crippen LogP contribution in [0.3, 0.4) is 0 Å². The molecule has 1 amide bonds. The number of amides is 1. The molecule has 1 fully saturated rings.